The summed E-state index contributed by atoms with van der Waals surface area (Å²) in [5, 5.41) is 5.96. The van der Waals surface area contributed by atoms with Gasteiger partial charge in [0.25, 0.3) is 0 Å². The first-order chi connectivity index (χ1) is 12.0. The summed E-state index contributed by atoms with van der Waals surface area (Å²) in [4.78, 5) is 23.6. The summed E-state index contributed by atoms with van der Waals surface area (Å²) in [7, 11) is 0. The average Bonchev–Trinajstić information content (AvgIpc) is 2.62. The molecule has 6 nitrogen and oxygen atoms in total. The molecule has 0 unspecified atom stereocenters. The molecule has 0 fully saturated rings. The van der Waals surface area contributed by atoms with Crippen LogP contribution in [0.5, 0.6) is 11.5 Å². The monoisotopic (exact) mass is 340 g/mol. The molecule has 1 heterocycles. The standard InChI is InChI=1S/C19H20N2O4/c1-12(19(23)21-15-5-3-14(4-6-15)13(2)22)20-16-7-8-17-18(11-16)25-10-9-24-17/h3-8,11-12,20H,9-10H2,1-2H3,(H,21,23)/t12-/m0/s1. The fourth-order valence-corrected chi connectivity index (χ4v) is 2.49. The topological polar surface area (TPSA) is 76.7 Å². The van der Waals surface area contributed by atoms with E-state index in [0.29, 0.717) is 36.0 Å². The third-order valence-electron chi connectivity index (χ3n) is 3.88. The van der Waals surface area contributed by atoms with E-state index in [2.05, 4.69) is 10.6 Å². The van der Waals surface area contributed by atoms with Crippen molar-refractivity contribution in [2.45, 2.75) is 19.9 Å². The van der Waals surface area contributed by atoms with Crippen LogP contribution in [0, 0.1) is 0 Å². The predicted molar refractivity (Wildman–Crippen MR) is 95.6 cm³/mol. The van der Waals surface area contributed by atoms with Gasteiger partial charge in [-0.1, -0.05) is 0 Å². The van der Waals surface area contributed by atoms with E-state index in [1.807, 2.05) is 18.2 Å². The zero-order valence-corrected chi connectivity index (χ0v) is 14.2. The molecule has 1 aliphatic heterocycles. The molecule has 130 valence electrons. The maximum absolute atomic E-state index is 12.3. The Kier molecular flexibility index (Phi) is 4.88. The Hall–Kier alpha value is -3.02. The van der Waals surface area contributed by atoms with Crippen LogP contribution >= 0.6 is 0 Å². The normalized spacial score (nSPS) is 13.7. The first kappa shape index (κ1) is 16.8. The van der Waals surface area contributed by atoms with E-state index >= 15 is 0 Å². The molecule has 0 radical (unpaired) electrons. The molecule has 0 bridgehead atoms. The zero-order chi connectivity index (χ0) is 17.8. The zero-order valence-electron chi connectivity index (χ0n) is 14.2. The molecular weight excluding hydrogens is 320 g/mol. The minimum Gasteiger partial charge on any atom is -0.486 e. The Morgan fingerprint density at radius 2 is 1.60 bits per heavy atom. The molecule has 1 aliphatic rings. The molecule has 0 saturated heterocycles. The van der Waals surface area contributed by atoms with Gasteiger partial charge in [0.15, 0.2) is 17.3 Å². The van der Waals surface area contributed by atoms with Gasteiger partial charge in [-0.2, -0.15) is 0 Å². The molecular formula is C19H20N2O4. The minimum absolute atomic E-state index is 0.00785. The maximum atomic E-state index is 12.3. The van der Waals surface area contributed by atoms with Crippen molar-refractivity contribution in [3.63, 3.8) is 0 Å². The summed E-state index contributed by atoms with van der Waals surface area (Å²) >= 11 is 0. The molecule has 6 heteroatoms. The first-order valence-electron chi connectivity index (χ1n) is 8.11. The highest BCUT2D eigenvalue weighted by atomic mass is 16.6. The van der Waals surface area contributed by atoms with Crippen molar-refractivity contribution in [2.75, 3.05) is 23.8 Å². The van der Waals surface area contributed by atoms with Crippen molar-refractivity contribution in [1.82, 2.24) is 0 Å². The highest BCUT2D eigenvalue weighted by Crippen LogP contribution is 2.32. The lowest BCUT2D eigenvalue weighted by atomic mass is 10.1. The fraction of sp³-hybridized carbons (Fsp3) is 0.263. The van der Waals surface area contributed by atoms with E-state index in [9.17, 15) is 9.59 Å². The number of anilines is 2. The Morgan fingerprint density at radius 3 is 2.28 bits per heavy atom. The number of nitrogens with one attached hydrogen (secondary N) is 2. The van der Waals surface area contributed by atoms with Crippen molar-refractivity contribution in [3.8, 4) is 11.5 Å². The summed E-state index contributed by atoms with van der Waals surface area (Å²) in [6.45, 7) is 4.34. The van der Waals surface area contributed by atoms with Gasteiger partial charge < -0.3 is 20.1 Å². The molecule has 0 saturated carbocycles. The highest BCUT2D eigenvalue weighted by molar-refractivity contribution is 5.98. The van der Waals surface area contributed by atoms with E-state index in [-0.39, 0.29) is 11.7 Å². The van der Waals surface area contributed by atoms with E-state index < -0.39 is 6.04 Å². The van der Waals surface area contributed by atoms with Gasteiger partial charge in [-0.05, 0) is 50.2 Å². The van der Waals surface area contributed by atoms with Crippen LogP contribution in [0.1, 0.15) is 24.2 Å². The molecule has 0 spiro atoms. The summed E-state index contributed by atoms with van der Waals surface area (Å²) in [6.07, 6.45) is 0. The Bertz CT molecular complexity index is 787. The van der Waals surface area contributed by atoms with Crippen LogP contribution in [0.4, 0.5) is 11.4 Å². The lowest BCUT2D eigenvalue weighted by molar-refractivity contribution is -0.116. The van der Waals surface area contributed by atoms with Crippen LogP contribution < -0.4 is 20.1 Å². The predicted octanol–water partition coefficient (Wildman–Crippen LogP) is 3.10. The number of carbonyl (C=O) groups is 2. The number of fused-ring (bicyclic) bond motifs is 1. The lowest BCUT2D eigenvalue weighted by Gasteiger charge is -2.20. The average molecular weight is 340 g/mol. The molecule has 1 amide bonds. The molecule has 3 rings (SSSR count). The van der Waals surface area contributed by atoms with Crippen molar-refractivity contribution < 1.29 is 19.1 Å². The van der Waals surface area contributed by atoms with Crippen molar-refractivity contribution in [1.29, 1.82) is 0 Å². The van der Waals surface area contributed by atoms with Crippen LogP contribution in [0.2, 0.25) is 0 Å². The number of rotatable bonds is 5. The van der Waals surface area contributed by atoms with Crippen LogP contribution in [0.3, 0.4) is 0 Å². The Morgan fingerprint density at radius 1 is 0.960 bits per heavy atom. The SMILES string of the molecule is CC(=O)c1ccc(NC(=O)[C@H](C)Nc2ccc3c(c2)OCCO3)cc1. The summed E-state index contributed by atoms with van der Waals surface area (Å²) < 4.78 is 11.0. The van der Waals surface area contributed by atoms with Gasteiger partial charge in [0.05, 0.1) is 0 Å². The van der Waals surface area contributed by atoms with E-state index in [1.165, 1.54) is 6.92 Å². The van der Waals surface area contributed by atoms with Gasteiger partial charge in [0.1, 0.15) is 19.3 Å². The number of ketones is 1. The second kappa shape index (κ2) is 7.25. The third kappa shape index (κ3) is 4.09. The molecule has 2 aromatic carbocycles. The number of ether oxygens (including phenoxy) is 2. The maximum Gasteiger partial charge on any atom is 0.246 e. The van der Waals surface area contributed by atoms with Gasteiger partial charge in [0.2, 0.25) is 5.91 Å². The molecule has 2 aromatic rings. The van der Waals surface area contributed by atoms with Crippen LogP contribution in [-0.4, -0.2) is 30.9 Å². The summed E-state index contributed by atoms with van der Waals surface area (Å²) in [6, 6.07) is 11.8. The second-order valence-electron chi connectivity index (χ2n) is 5.85. The van der Waals surface area contributed by atoms with E-state index in [0.717, 1.165) is 5.69 Å². The third-order valence-corrected chi connectivity index (χ3v) is 3.88. The Labute approximate surface area is 146 Å². The smallest absolute Gasteiger partial charge is 0.246 e. The van der Waals surface area contributed by atoms with Crippen molar-refractivity contribution in [3.05, 3.63) is 48.0 Å². The first-order valence-corrected chi connectivity index (χ1v) is 8.11. The number of hydrogen-bond acceptors (Lipinski definition) is 5. The van der Waals surface area contributed by atoms with Crippen LogP contribution in [-0.2, 0) is 4.79 Å². The summed E-state index contributed by atoms with van der Waals surface area (Å²) in [5.41, 5.74) is 2.03. The van der Waals surface area contributed by atoms with Gasteiger partial charge in [-0.25, -0.2) is 0 Å². The quantitative estimate of drug-likeness (QED) is 0.818. The molecule has 1 atom stereocenters. The van der Waals surface area contributed by atoms with Crippen molar-refractivity contribution >= 4 is 23.1 Å². The minimum atomic E-state index is -0.449. The number of benzene rings is 2. The number of amides is 1. The number of hydrogen-bond donors (Lipinski definition) is 2. The van der Waals surface area contributed by atoms with E-state index in [4.69, 9.17) is 9.47 Å². The van der Waals surface area contributed by atoms with Gasteiger partial charge in [0, 0.05) is 23.0 Å². The number of carbonyl (C=O) groups excluding carboxylic acids is 2. The molecule has 2 N–H and O–H groups in total. The van der Waals surface area contributed by atoms with Gasteiger partial charge >= 0.3 is 0 Å². The van der Waals surface area contributed by atoms with Crippen LogP contribution in [0.25, 0.3) is 0 Å². The van der Waals surface area contributed by atoms with Crippen LogP contribution in [0.15, 0.2) is 42.5 Å². The Balaban J connectivity index is 1.61. The highest BCUT2D eigenvalue weighted by Gasteiger charge is 2.16. The van der Waals surface area contributed by atoms with Crippen molar-refractivity contribution in [2.24, 2.45) is 0 Å². The molecule has 0 aromatic heterocycles. The number of Topliss-reactive ketones (excluding diaryl/α,β-unsaturated/α-hetero) is 1. The summed E-state index contributed by atoms with van der Waals surface area (Å²) in [5.74, 6) is 1.19. The van der Waals surface area contributed by atoms with E-state index in [1.54, 1.807) is 31.2 Å². The van der Waals surface area contributed by atoms with Gasteiger partial charge in [-0.3, -0.25) is 9.59 Å². The largest absolute Gasteiger partial charge is 0.486 e. The second-order valence-corrected chi connectivity index (χ2v) is 5.85. The fourth-order valence-electron chi connectivity index (χ4n) is 2.49. The van der Waals surface area contributed by atoms with Gasteiger partial charge in [-0.15, -0.1) is 0 Å². The molecule has 25 heavy (non-hydrogen) atoms. The molecule has 0 aliphatic carbocycles. The lowest BCUT2D eigenvalue weighted by Crippen LogP contribution is -2.31.